The molecule has 0 saturated carbocycles. The lowest BCUT2D eigenvalue weighted by molar-refractivity contribution is 0.0434. The fourth-order valence-electron chi connectivity index (χ4n) is 0.784. The van der Waals surface area contributed by atoms with Gasteiger partial charge in [0, 0.05) is 14.2 Å². The molecule has 4 nitrogen and oxygen atoms in total. The van der Waals surface area contributed by atoms with Crippen LogP contribution in [0.2, 0.25) is 0 Å². The van der Waals surface area contributed by atoms with Gasteiger partial charge in [0.25, 0.3) is 0 Å². The van der Waals surface area contributed by atoms with Gasteiger partial charge in [0.2, 0.25) is 0 Å². The van der Waals surface area contributed by atoms with Crippen molar-refractivity contribution >= 4 is 0 Å². The Morgan fingerprint density at radius 3 is 2.33 bits per heavy atom. The highest BCUT2D eigenvalue weighted by atomic mass is 16.5. The maximum atomic E-state index is 5.31. The Bertz CT molecular complexity index is 90.4. The van der Waals surface area contributed by atoms with Crippen molar-refractivity contribution in [3.8, 4) is 0 Å². The Labute approximate surface area is 74.2 Å². The van der Waals surface area contributed by atoms with E-state index in [0.717, 1.165) is 0 Å². The summed E-state index contributed by atoms with van der Waals surface area (Å²) in [5.41, 5.74) is 0. The third-order valence-corrected chi connectivity index (χ3v) is 1.53. The molecular weight excluding hydrogens is 158 g/mol. The highest BCUT2D eigenvalue weighted by molar-refractivity contribution is 4.61. The zero-order valence-electron chi connectivity index (χ0n) is 8.13. The van der Waals surface area contributed by atoms with E-state index in [2.05, 4.69) is 5.32 Å². The van der Waals surface area contributed by atoms with Crippen LogP contribution in [0.25, 0.3) is 0 Å². The fourth-order valence-corrected chi connectivity index (χ4v) is 0.784. The lowest BCUT2D eigenvalue weighted by Gasteiger charge is -2.14. The van der Waals surface area contributed by atoms with Crippen molar-refractivity contribution in [2.45, 2.75) is 6.04 Å². The van der Waals surface area contributed by atoms with Gasteiger partial charge in [-0.25, -0.2) is 0 Å². The smallest absolute Gasteiger partial charge is 0.0701 e. The molecule has 0 heterocycles. The molecule has 1 atom stereocenters. The van der Waals surface area contributed by atoms with Crippen molar-refractivity contribution in [3.05, 3.63) is 0 Å². The molecule has 0 aliphatic heterocycles. The number of hydrogen-bond donors (Lipinski definition) is 1. The summed E-state index contributed by atoms with van der Waals surface area (Å²) in [7, 11) is 5.23. The van der Waals surface area contributed by atoms with Gasteiger partial charge in [-0.2, -0.15) is 0 Å². The summed E-state index contributed by atoms with van der Waals surface area (Å²) >= 11 is 0. The maximum absolute atomic E-state index is 5.31. The molecule has 0 amide bonds. The molecule has 0 aromatic carbocycles. The summed E-state index contributed by atoms with van der Waals surface area (Å²) in [6.07, 6.45) is 0. The van der Waals surface area contributed by atoms with Gasteiger partial charge in [0.1, 0.15) is 0 Å². The quantitative estimate of drug-likeness (QED) is 0.525. The van der Waals surface area contributed by atoms with Crippen LogP contribution < -0.4 is 5.32 Å². The molecule has 4 heteroatoms. The molecule has 0 rings (SSSR count). The van der Waals surface area contributed by atoms with Gasteiger partial charge in [-0.15, -0.1) is 0 Å². The third kappa shape index (κ3) is 6.54. The van der Waals surface area contributed by atoms with Crippen LogP contribution >= 0.6 is 0 Å². The molecule has 0 saturated heterocycles. The second-order valence-corrected chi connectivity index (χ2v) is 2.51. The van der Waals surface area contributed by atoms with Crippen LogP contribution in [0.1, 0.15) is 0 Å². The molecule has 0 bridgehead atoms. The van der Waals surface area contributed by atoms with Gasteiger partial charge < -0.3 is 19.5 Å². The van der Waals surface area contributed by atoms with Crippen molar-refractivity contribution in [1.29, 1.82) is 0 Å². The molecular formula is C8H19NO3. The van der Waals surface area contributed by atoms with Gasteiger partial charge in [0.15, 0.2) is 0 Å². The second-order valence-electron chi connectivity index (χ2n) is 2.51. The number of hydrogen-bond acceptors (Lipinski definition) is 4. The van der Waals surface area contributed by atoms with E-state index in [9.17, 15) is 0 Å². The minimum Gasteiger partial charge on any atom is -0.383 e. The summed E-state index contributed by atoms with van der Waals surface area (Å²) in [6.45, 7) is 2.61. The van der Waals surface area contributed by atoms with E-state index in [-0.39, 0.29) is 6.04 Å². The summed E-state index contributed by atoms with van der Waals surface area (Å²) in [5.74, 6) is 0. The minimum atomic E-state index is 0.270. The standard InChI is InChI=1S/C8H19NO3/c1-9-8(6-11-3)7-12-5-4-10-2/h8-9H,4-7H2,1-3H3. The third-order valence-electron chi connectivity index (χ3n) is 1.53. The highest BCUT2D eigenvalue weighted by Gasteiger charge is 2.04. The van der Waals surface area contributed by atoms with Gasteiger partial charge in [-0.1, -0.05) is 0 Å². The lowest BCUT2D eigenvalue weighted by Crippen LogP contribution is -2.34. The molecule has 0 aromatic heterocycles. The van der Waals surface area contributed by atoms with Gasteiger partial charge >= 0.3 is 0 Å². The van der Waals surface area contributed by atoms with E-state index in [1.165, 1.54) is 0 Å². The van der Waals surface area contributed by atoms with Crippen LogP contribution in [0.15, 0.2) is 0 Å². The maximum Gasteiger partial charge on any atom is 0.0701 e. The summed E-state index contributed by atoms with van der Waals surface area (Å²) in [6, 6.07) is 0.270. The van der Waals surface area contributed by atoms with E-state index >= 15 is 0 Å². The first-order chi connectivity index (χ1) is 5.85. The molecule has 12 heavy (non-hydrogen) atoms. The normalized spacial score (nSPS) is 13.2. The van der Waals surface area contributed by atoms with Crippen LogP contribution in [0, 0.1) is 0 Å². The Morgan fingerprint density at radius 2 is 1.83 bits per heavy atom. The zero-order chi connectivity index (χ0) is 9.23. The van der Waals surface area contributed by atoms with Crippen molar-refractivity contribution in [3.63, 3.8) is 0 Å². The zero-order valence-corrected chi connectivity index (χ0v) is 8.13. The van der Waals surface area contributed by atoms with Crippen molar-refractivity contribution in [1.82, 2.24) is 5.32 Å². The number of nitrogens with one attached hydrogen (secondary N) is 1. The molecule has 0 radical (unpaired) electrons. The number of methoxy groups -OCH3 is 2. The first kappa shape index (κ1) is 11.8. The first-order valence-corrected chi connectivity index (χ1v) is 4.08. The Hall–Kier alpha value is -0.160. The van der Waals surface area contributed by atoms with Crippen LogP contribution in [0.5, 0.6) is 0 Å². The van der Waals surface area contributed by atoms with Crippen molar-refractivity contribution in [2.24, 2.45) is 0 Å². The summed E-state index contributed by atoms with van der Waals surface area (Å²) in [4.78, 5) is 0. The first-order valence-electron chi connectivity index (χ1n) is 4.08. The minimum absolute atomic E-state index is 0.270. The molecule has 0 aromatic rings. The molecule has 0 spiro atoms. The van der Waals surface area contributed by atoms with E-state index in [1.807, 2.05) is 7.05 Å². The Balaban J connectivity index is 3.19. The molecule has 74 valence electrons. The fraction of sp³-hybridized carbons (Fsp3) is 1.00. The average molecular weight is 177 g/mol. The van der Waals surface area contributed by atoms with E-state index in [0.29, 0.717) is 26.4 Å². The van der Waals surface area contributed by atoms with Crippen LogP contribution in [-0.2, 0) is 14.2 Å². The van der Waals surface area contributed by atoms with Crippen LogP contribution in [0.3, 0.4) is 0 Å². The molecule has 0 fully saturated rings. The van der Waals surface area contributed by atoms with Crippen LogP contribution in [0.4, 0.5) is 0 Å². The predicted octanol–water partition coefficient (Wildman–Crippen LogP) is -0.116. The Kier molecular flexibility index (Phi) is 8.81. The lowest BCUT2D eigenvalue weighted by atomic mass is 10.3. The number of rotatable bonds is 8. The molecule has 0 aliphatic carbocycles. The monoisotopic (exact) mass is 177 g/mol. The Morgan fingerprint density at radius 1 is 1.08 bits per heavy atom. The van der Waals surface area contributed by atoms with Gasteiger partial charge in [-0.3, -0.25) is 0 Å². The van der Waals surface area contributed by atoms with E-state index in [1.54, 1.807) is 14.2 Å². The molecule has 0 aliphatic rings. The van der Waals surface area contributed by atoms with Gasteiger partial charge in [-0.05, 0) is 7.05 Å². The van der Waals surface area contributed by atoms with E-state index < -0.39 is 0 Å². The molecule has 1 unspecified atom stereocenters. The summed E-state index contributed by atoms with van der Waals surface area (Å²) in [5, 5.41) is 3.09. The average Bonchev–Trinajstić information content (AvgIpc) is 2.10. The number of ether oxygens (including phenoxy) is 3. The summed E-state index contributed by atoms with van der Waals surface area (Å²) < 4.78 is 15.1. The second kappa shape index (κ2) is 8.93. The highest BCUT2D eigenvalue weighted by Crippen LogP contribution is 1.86. The van der Waals surface area contributed by atoms with E-state index in [4.69, 9.17) is 14.2 Å². The topological polar surface area (TPSA) is 39.7 Å². The SMILES string of the molecule is CNC(COC)COCCOC. The van der Waals surface area contributed by atoms with Gasteiger partial charge in [0.05, 0.1) is 32.5 Å². The molecule has 1 N–H and O–H groups in total. The number of likely N-dealkylation sites (N-methyl/N-ethyl adjacent to an activating group) is 1. The predicted molar refractivity (Wildman–Crippen MR) is 47.4 cm³/mol. The van der Waals surface area contributed by atoms with Crippen LogP contribution in [-0.4, -0.2) is 53.7 Å². The van der Waals surface area contributed by atoms with Crippen molar-refractivity contribution < 1.29 is 14.2 Å². The largest absolute Gasteiger partial charge is 0.383 e. The van der Waals surface area contributed by atoms with Crippen molar-refractivity contribution in [2.75, 3.05) is 47.7 Å².